The third-order valence-electron chi connectivity index (χ3n) is 5.38. The smallest absolute Gasteiger partial charge is 0.261 e. The van der Waals surface area contributed by atoms with E-state index in [-0.39, 0.29) is 30.8 Å². The number of benzene rings is 3. The van der Waals surface area contributed by atoms with Crippen LogP contribution in [0.5, 0.6) is 5.75 Å². The minimum Gasteiger partial charge on any atom is -0.484 e. The van der Waals surface area contributed by atoms with Gasteiger partial charge in [-0.1, -0.05) is 58.4 Å². The molecule has 1 atom stereocenters. The molecule has 3 aromatic rings. The maximum absolute atomic E-state index is 13.5. The van der Waals surface area contributed by atoms with Gasteiger partial charge in [0.05, 0.1) is 0 Å². The Bertz CT molecular complexity index is 1110. The molecule has 3 aromatic carbocycles. The zero-order valence-corrected chi connectivity index (χ0v) is 20.8. The molecule has 178 valence electrons. The van der Waals surface area contributed by atoms with Crippen LogP contribution in [0.1, 0.15) is 23.6 Å². The number of likely N-dealkylation sites (N-methyl/N-ethyl adjacent to an activating group) is 1. The summed E-state index contributed by atoms with van der Waals surface area (Å²) in [5.41, 5.74) is 2.63. The third-order valence-corrected chi connectivity index (χ3v) is 6.27. The molecule has 1 N–H and O–H groups in total. The Morgan fingerprint density at radius 2 is 1.74 bits per heavy atom. The van der Waals surface area contributed by atoms with Crippen LogP contribution >= 0.6 is 15.9 Å². The molecule has 0 aromatic heterocycles. The summed E-state index contributed by atoms with van der Waals surface area (Å²) in [5, 5.41) is 2.84. The number of amides is 2. The van der Waals surface area contributed by atoms with Crippen LogP contribution < -0.4 is 10.1 Å². The lowest BCUT2D eigenvalue weighted by Gasteiger charge is -2.31. The second kappa shape index (κ2) is 12.3. The zero-order valence-electron chi connectivity index (χ0n) is 19.3. The van der Waals surface area contributed by atoms with Crippen LogP contribution in [-0.2, 0) is 22.6 Å². The highest BCUT2D eigenvalue weighted by atomic mass is 79.9. The molecule has 0 bridgehead atoms. The van der Waals surface area contributed by atoms with Gasteiger partial charge in [0.2, 0.25) is 5.91 Å². The highest BCUT2D eigenvalue weighted by molar-refractivity contribution is 9.10. The fourth-order valence-corrected chi connectivity index (χ4v) is 3.81. The summed E-state index contributed by atoms with van der Waals surface area (Å²) >= 11 is 3.45. The fraction of sp³-hybridized carbons (Fsp3) is 0.259. The van der Waals surface area contributed by atoms with Crippen LogP contribution in [0.2, 0.25) is 0 Å². The highest BCUT2D eigenvalue weighted by Gasteiger charge is 2.30. The Kier molecular flexibility index (Phi) is 9.22. The monoisotopic (exact) mass is 526 g/mol. The van der Waals surface area contributed by atoms with E-state index in [2.05, 4.69) is 21.2 Å². The number of hydrogen-bond acceptors (Lipinski definition) is 3. The summed E-state index contributed by atoms with van der Waals surface area (Å²) in [4.78, 5) is 28.0. The highest BCUT2D eigenvalue weighted by Crippen LogP contribution is 2.22. The van der Waals surface area contributed by atoms with Gasteiger partial charge in [0.25, 0.3) is 5.91 Å². The van der Waals surface area contributed by atoms with E-state index in [0.29, 0.717) is 18.7 Å². The van der Waals surface area contributed by atoms with Crippen LogP contribution in [0.25, 0.3) is 0 Å². The number of aryl methyl sites for hydroxylation is 1. The molecule has 0 saturated carbocycles. The van der Waals surface area contributed by atoms with Crippen LogP contribution in [0.15, 0.2) is 77.3 Å². The number of nitrogens with one attached hydrogen (secondary N) is 1. The van der Waals surface area contributed by atoms with Crippen LogP contribution in [-0.4, -0.2) is 35.9 Å². The van der Waals surface area contributed by atoms with Crippen molar-refractivity contribution in [1.82, 2.24) is 10.2 Å². The number of halogens is 2. The van der Waals surface area contributed by atoms with Crippen molar-refractivity contribution < 1.29 is 18.7 Å². The van der Waals surface area contributed by atoms with Crippen LogP contribution in [0.3, 0.4) is 0 Å². The number of nitrogens with zero attached hydrogens (tertiary/aromatic N) is 1. The standard InChI is InChI=1S/C27H28BrFN2O3/c1-3-30-27(33)25(16-20-7-5-4-6-8-20)31(17-21-9-11-22(29)12-10-21)26(32)18-34-23-13-14-24(28)19(2)15-23/h4-15,25H,3,16-18H2,1-2H3,(H,30,33). The van der Waals surface area contributed by atoms with Crippen molar-refractivity contribution in [3.8, 4) is 5.75 Å². The van der Waals surface area contributed by atoms with Crippen molar-refractivity contribution in [1.29, 1.82) is 0 Å². The molecule has 0 aliphatic heterocycles. The average Bonchev–Trinajstić information content (AvgIpc) is 2.84. The molecular weight excluding hydrogens is 499 g/mol. The summed E-state index contributed by atoms with van der Waals surface area (Å²) < 4.78 is 20.2. The molecule has 0 aliphatic rings. The van der Waals surface area contributed by atoms with Crippen molar-refractivity contribution in [2.45, 2.75) is 32.9 Å². The predicted molar refractivity (Wildman–Crippen MR) is 134 cm³/mol. The minimum absolute atomic E-state index is 0.149. The van der Waals surface area contributed by atoms with E-state index >= 15 is 0 Å². The normalized spacial score (nSPS) is 11.5. The lowest BCUT2D eigenvalue weighted by molar-refractivity contribution is -0.142. The summed E-state index contributed by atoms with van der Waals surface area (Å²) in [6, 6.07) is 20.2. The van der Waals surface area contributed by atoms with Gasteiger partial charge in [0.1, 0.15) is 17.6 Å². The molecule has 3 rings (SSSR count). The Hall–Kier alpha value is -3.19. The maximum Gasteiger partial charge on any atom is 0.261 e. The van der Waals surface area contributed by atoms with Gasteiger partial charge < -0.3 is 15.0 Å². The van der Waals surface area contributed by atoms with Crippen LogP contribution in [0.4, 0.5) is 4.39 Å². The number of carbonyl (C=O) groups excluding carboxylic acids is 2. The van der Waals surface area contributed by atoms with Crippen molar-refractivity contribution in [3.05, 3.63) is 99.8 Å². The molecule has 0 saturated heterocycles. The van der Waals surface area contributed by atoms with Gasteiger partial charge in [-0.2, -0.15) is 0 Å². The van der Waals surface area contributed by atoms with Gasteiger partial charge in [-0.05, 0) is 60.9 Å². The first-order chi connectivity index (χ1) is 16.4. The number of ether oxygens (including phenoxy) is 1. The number of carbonyl (C=O) groups is 2. The first-order valence-corrected chi connectivity index (χ1v) is 11.9. The summed E-state index contributed by atoms with van der Waals surface area (Å²) in [5.74, 6) is -0.382. The van der Waals surface area contributed by atoms with Crippen molar-refractivity contribution in [3.63, 3.8) is 0 Å². The second-order valence-corrected chi connectivity index (χ2v) is 8.80. The van der Waals surface area contributed by atoms with Crippen LogP contribution in [0, 0.1) is 12.7 Å². The topological polar surface area (TPSA) is 58.6 Å². The molecule has 0 fully saturated rings. The first-order valence-electron chi connectivity index (χ1n) is 11.1. The van der Waals surface area contributed by atoms with E-state index in [4.69, 9.17) is 4.74 Å². The molecule has 5 nitrogen and oxygen atoms in total. The molecule has 1 unspecified atom stereocenters. The van der Waals surface area contributed by atoms with Crippen molar-refractivity contribution >= 4 is 27.7 Å². The molecule has 34 heavy (non-hydrogen) atoms. The first kappa shape index (κ1) is 25.4. The SMILES string of the molecule is CCNC(=O)C(Cc1ccccc1)N(Cc1ccc(F)cc1)C(=O)COc1ccc(Br)c(C)c1. The van der Waals surface area contributed by atoms with Gasteiger partial charge in [0, 0.05) is 24.0 Å². The van der Waals surface area contributed by atoms with Gasteiger partial charge in [-0.25, -0.2) is 4.39 Å². The van der Waals surface area contributed by atoms with E-state index in [1.54, 1.807) is 18.2 Å². The molecule has 2 amide bonds. The number of rotatable bonds is 10. The predicted octanol–water partition coefficient (Wildman–Crippen LogP) is 5.05. The van der Waals surface area contributed by atoms with E-state index in [1.165, 1.54) is 17.0 Å². The molecular formula is C27H28BrFN2O3. The Morgan fingerprint density at radius 3 is 2.38 bits per heavy atom. The Balaban J connectivity index is 1.88. The molecule has 0 heterocycles. The fourth-order valence-electron chi connectivity index (χ4n) is 3.57. The third kappa shape index (κ3) is 7.15. The van der Waals surface area contributed by atoms with E-state index < -0.39 is 6.04 Å². The largest absolute Gasteiger partial charge is 0.484 e. The summed E-state index contributed by atoms with van der Waals surface area (Å²) in [7, 11) is 0. The van der Waals surface area contributed by atoms with Crippen molar-refractivity contribution in [2.75, 3.05) is 13.2 Å². The Morgan fingerprint density at radius 1 is 1.03 bits per heavy atom. The van der Waals surface area contributed by atoms with E-state index in [9.17, 15) is 14.0 Å². The zero-order chi connectivity index (χ0) is 24.5. The minimum atomic E-state index is -0.754. The van der Waals surface area contributed by atoms with E-state index in [1.807, 2.05) is 56.3 Å². The molecule has 0 spiro atoms. The second-order valence-electron chi connectivity index (χ2n) is 7.95. The molecule has 0 aliphatic carbocycles. The quantitative estimate of drug-likeness (QED) is 0.402. The average molecular weight is 527 g/mol. The lowest BCUT2D eigenvalue weighted by atomic mass is 10.0. The molecule has 0 radical (unpaired) electrons. The van der Waals surface area contributed by atoms with Gasteiger partial charge >= 0.3 is 0 Å². The van der Waals surface area contributed by atoms with Gasteiger partial charge in [-0.15, -0.1) is 0 Å². The van der Waals surface area contributed by atoms with E-state index in [0.717, 1.165) is 21.2 Å². The summed E-state index contributed by atoms with van der Waals surface area (Å²) in [6.45, 7) is 4.13. The lowest BCUT2D eigenvalue weighted by Crippen LogP contribution is -2.51. The molecule has 7 heteroatoms. The summed E-state index contributed by atoms with van der Waals surface area (Å²) in [6.07, 6.45) is 0.344. The maximum atomic E-state index is 13.5. The van der Waals surface area contributed by atoms with Crippen molar-refractivity contribution in [2.24, 2.45) is 0 Å². The van der Waals surface area contributed by atoms with Gasteiger partial charge in [-0.3, -0.25) is 9.59 Å². The Labute approximate surface area is 208 Å². The number of hydrogen-bond donors (Lipinski definition) is 1. The van der Waals surface area contributed by atoms with Gasteiger partial charge in [0.15, 0.2) is 6.61 Å².